The molecule has 0 aromatic heterocycles. The van der Waals surface area contributed by atoms with Crippen LogP contribution in [-0.4, -0.2) is 11.8 Å². The molecule has 3 aromatic rings. The summed E-state index contributed by atoms with van der Waals surface area (Å²) in [5, 5.41) is 5.75. The van der Waals surface area contributed by atoms with E-state index in [0.29, 0.717) is 6.42 Å². The number of aryl methyl sites for hydroxylation is 1. The third-order valence-electron chi connectivity index (χ3n) is 4.69. The highest BCUT2D eigenvalue weighted by Gasteiger charge is 2.32. The number of benzene rings is 3. The number of hydrogen-bond donors (Lipinski definition) is 1. The molecule has 0 aliphatic rings. The van der Waals surface area contributed by atoms with Gasteiger partial charge in [-0.15, -0.1) is 0 Å². The maximum atomic E-state index is 12.1. The summed E-state index contributed by atoms with van der Waals surface area (Å²) in [4.78, 5) is 12.1. The molecule has 27 heavy (non-hydrogen) atoms. The Morgan fingerprint density at radius 2 is 1.30 bits per heavy atom. The smallest absolute Gasteiger partial charge is 0.140 e. The second-order valence-corrected chi connectivity index (χ2v) is 11.0. The van der Waals surface area contributed by atoms with Crippen molar-refractivity contribution in [1.82, 2.24) is 5.09 Å². The summed E-state index contributed by atoms with van der Waals surface area (Å²) >= 11 is 6.22. The number of carbonyl (C=O) groups is 1. The van der Waals surface area contributed by atoms with Crippen molar-refractivity contribution in [3.63, 3.8) is 0 Å². The van der Waals surface area contributed by atoms with Crippen molar-refractivity contribution in [3.05, 3.63) is 96.6 Å². The molecule has 0 spiro atoms. The number of hydrogen-bond acceptors (Lipinski definition) is 2. The number of aldehydes is 1. The van der Waals surface area contributed by atoms with Gasteiger partial charge in [0.25, 0.3) is 0 Å². The minimum absolute atomic E-state index is 0.693. The van der Waals surface area contributed by atoms with Crippen molar-refractivity contribution in [2.24, 2.45) is 0 Å². The summed E-state index contributed by atoms with van der Waals surface area (Å²) in [6.45, 7) is 1.95. The topological polar surface area (TPSA) is 29.1 Å². The van der Waals surface area contributed by atoms with E-state index in [4.69, 9.17) is 11.8 Å². The van der Waals surface area contributed by atoms with Gasteiger partial charge in [-0.1, -0.05) is 103 Å². The van der Waals surface area contributed by atoms with Crippen LogP contribution in [0.3, 0.4) is 0 Å². The maximum Gasteiger partial charge on any atom is 0.140 e. The van der Waals surface area contributed by atoms with Crippen LogP contribution < -0.4 is 15.7 Å². The fourth-order valence-electron chi connectivity index (χ4n) is 3.10. The molecular weight excluding hydrogens is 369 g/mol. The maximum absolute atomic E-state index is 12.1. The highest BCUT2D eigenvalue weighted by Crippen LogP contribution is 2.42. The zero-order valence-electron chi connectivity index (χ0n) is 15.4. The summed E-state index contributed by atoms with van der Waals surface area (Å²) in [5.41, 5.74) is 0.525. The van der Waals surface area contributed by atoms with Gasteiger partial charge in [0.1, 0.15) is 6.29 Å². The van der Waals surface area contributed by atoms with E-state index < -0.39 is 11.7 Å². The van der Waals surface area contributed by atoms with Gasteiger partial charge in [0.2, 0.25) is 0 Å². The molecule has 0 radical (unpaired) electrons. The molecule has 0 saturated heterocycles. The number of nitrogens with one attached hydrogen (secondary N) is 1. The molecule has 0 saturated carbocycles. The zero-order valence-corrected chi connectivity index (χ0v) is 17.1. The Bertz CT molecular complexity index is 871. The van der Waals surface area contributed by atoms with Crippen molar-refractivity contribution in [1.29, 1.82) is 0 Å². The summed E-state index contributed by atoms with van der Waals surface area (Å²) in [6, 6.07) is 30.5. The molecule has 3 aromatic carbocycles. The van der Waals surface area contributed by atoms with Gasteiger partial charge in [-0.25, -0.2) is 0 Å². The number of carbonyl (C=O) groups excluding carboxylic acids is 1. The van der Waals surface area contributed by atoms with Gasteiger partial charge in [-0.05, 0) is 25.3 Å². The van der Waals surface area contributed by atoms with Crippen LogP contribution in [0.5, 0.6) is 0 Å². The fraction of sp³-hybridized carbons (Fsp3) is 0.174. The molecule has 0 heterocycles. The molecule has 0 aliphatic heterocycles. The third-order valence-corrected chi connectivity index (χ3v) is 9.10. The van der Waals surface area contributed by atoms with E-state index in [1.807, 2.05) is 61.5 Å². The van der Waals surface area contributed by atoms with E-state index in [-0.39, 0.29) is 0 Å². The molecule has 0 fully saturated rings. The highest BCUT2D eigenvalue weighted by molar-refractivity contribution is 8.21. The Balaban J connectivity index is 1.92. The van der Waals surface area contributed by atoms with E-state index in [1.54, 1.807) is 0 Å². The van der Waals surface area contributed by atoms with Crippen LogP contribution in [0.4, 0.5) is 0 Å². The van der Waals surface area contributed by atoms with Crippen LogP contribution in [0.25, 0.3) is 0 Å². The predicted molar refractivity (Wildman–Crippen MR) is 119 cm³/mol. The Kier molecular flexibility index (Phi) is 6.38. The van der Waals surface area contributed by atoms with Gasteiger partial charge < -0.3 is 4.79 Å². The highest BCUT2D eigenvalue weighted by atomic mass is 32.4. The van der Waals surface area contributed by atoms with E-state index >= 15 is 0 Å². The minimum Gasteiger partial charge on any atom is -0.301 e. The van der Waals surface area contributed by atoms with Gasteiger partial charge in [-0.3, -0.25) is 5.09 Å². The SMILES string of the molecule is C[C@@](C=O)(CCc1ccccc1)NP(=S)(c1ccccc1)c1ccccc1. The molecule has 3 rings (SSSR count). The first kappa shape index (κ1) is 19.7. The standard InChI is InChI=1S/C23H24NOPS/c1-23(19-25,18-17-20-11-5-2-6-12-20)24-26(27,21-13-7-3-8-14-21)22-15-9-4-10-16-22/h2-16,19H,17-18H2,1H3,(H,24,27)/t23-/m0/s1. The molecule has 4 heteroatoms. The zero-order chi connectivity index (χ0) is 19.2. The second-order valence-electron chi connectivity index (χ2n) is 6.91. The molecule has 0 bridgehead atoms. The molecule has 0 unspecified atom stereocenters. The Morgan fingerprint density at radius 3 is 1.74 bits per heavy atom. The lowest BCUT2D eigenvalue weighted by atomic mass is 9.96. The lowest BCUT2D eigenvalue weighted by molar-refractivity contribution is -0.112. The van der Waals surface area contributed by atoms with E-state index in [9.17, 15) is 4.79 Å². The van der Waals surface area contributed by atoms with E-state index in [2.05, 4.69) is 41.5 Å². The average molecular weight is 393 g/mol. The molecule has 2 nitrogen and oxygen atoms in total. The van der Waals surface area contributed by atoms with Gasteiger partial charge in [0.15, 0.2) is 0 Å². The summed E-state index contributed by atoms with van der Waals surface area (Å²) < 4.78 is 0. The minimum atomic E-state index is -2.33. The fourth-order valence-corrected chi connectivity index (χ4v) is 7.08. The third kappa shape index (κ3) is 4.81. The predicted octanol–water partition coefficient (Wildman–Crippen LogP) is 4.21. The van der Waals surface area contributed by atoms with Crippen molar-refractivity contribution in [3.8, 4) is 0 Å². The quantitative estimate of drug-likeness (QED) is 0.459. The lowest BCUT2D eigenvalue weighted by Gasteiger charge is -2.34. The largest absolute Gasteiger partial charge is 0.301 e. The molecule has 138 valence electrons. The molecule has 0 aliphatic carbocycles. The van der Waals surface area contributed by atoms with Crippen LogP contribution in [0.2, 0.25) is 0 Å². The first-order valence-corrected chi connectivity index (χ1v) is 11.9. The number of rotatable bonds is 8. The van der Waals surface area contributed by atoms with Crippen LogP contribution in [0, 0.1) is 0 Å². The van der Waals surface area contributed by atoms with Crippen LogP contribution in [-0.2, 0) is 23.0 Å². The van der Waals surface area contributed by atoms with Crippen LogP contribution in [0.15, 0.2) is 91.0 Å². The van der Waals surface area contributed by atoms with E-state index in [1.165, 1.54) is 5.56 Å². The van der Waals surface area contributed by atoms with Gasteiger partial charge in [0, 0.05) is 10.6 Å². The molecule has 0 amide bonds. The van der Waals surface area contributed by atoms with Gasteiger partial charge in [0.05, 0.1) is 11.7 Å². The lowest BCUT2D eigenvalue weighted by Crippen LogP contribution is -2.46. The normalized spacial score (nSPS) is 13.7. The van der Waals surface area contributed by atoms with Crippen molar-refractivity contribution in [2.45, 2.75) is 25.3 Å². The van der Waals surface area contributed by atoms with Crippen molar-refractivity contribution < 1.29 is 4.79 Å². The van der Waals surface area contributed by atoms with Gasteiger partial charge in [-0.2, -0.15) is 0 Å². The van der Waals surface area contributed by atoms with Crippen molar-refractivity contribution >= 4 is 34.9 Å². The second kappa shape index (κ2) is 8.75. The first-order valence-electron chi connectivity index (χ1n) is 9.07. The average Bonchev–Trinajstić information content (AvgIpc) is 2.74. The van der Waals surface area contributed by atoms with E-state index in [0.717, 1.165) is 23.3 Å². The monoisotopic (exact) mass is 393 g/mol. The van der Waals surface area contributed by atoms with Crippen molar-refractivity contribution in [2.75, 3.05) is 0 Å². The van der Waals surface area contributed by atoms with Crippen LogP contribution in [0.1, 0.15) is 18.9 Å². The summed E-state index contributed by atoms with van der Waals surface area (Å²) in [6.07, 6.45) is 0.200. The molecule has 1 N–H and O–H groups in total. The Hall–Kier alpha value is -2.06. The molecule has 1 atom stereocenters. The first-order chi connectivity index (χ1) is 13.1. The van der Waals surface area contributed by atoms with Crippen LogP contribution >= 0.6 is 6.19 Å². The van der Waals surface area contributed by atoms with Gasteiger partial charge >= 0.3 is 0 Å². The summed E-state index contributed by atoms with van der Waals surface area (Å²) in [7, 11) is 0. The Morgan fingerprint density at radius 1 is 0.852 bits per heavy atom. The Labute approximate surface area is 166 Å². The summed E-state index contributed by atoms with van der Waals surface area (Å²) in [5.74, 6) is 0. The molecular formula is C23H24NOPS.